The fourth-order valence-corrected chi connectivity index (χ4v) is 3.40. The minimum absolute atomic E-state index is 0. The number of pyridine rings is 2. The van der Waals surface area contributed by atoms with Gasteiger partial charge in [0.05, 0.1) is 5.52 Å². The van der Waals surface area contributed by atoms with E-state index in [9.17, 15) is 0 Å². The molecule has 0 saturated heterocycles. The molecule has 3 aromatic heterocycles. The SMILES string of the molecule is [Br-].c1ccc(C[n+]2ccn(-c3cc4cccnc4c4ncccc34)c2)cc1. The number of aromatic nitrogens is 4. The molecule has 0 aliphatic heterocycles. The average Bonchev–Trinajstić information content (AvgIpc) is 3.16. The van der Waals surface area contributed by atoms with Gasteiger partial charge in [0, 0.05) is 23.2 Å². The zero-order valence-corrected chi connectivity index (χ0v) is 16.1. The van der Waals surface area contributed by atoms with Crippen LogP contribution in [0.2, 0.25) is 0 Å². The van der Waals surface area contributed by atoms with E-state index in [1.165, 1.54) is 5.56 Å². The van der Waals surface area contributed by atoms with E-state index in [0.717, 1.165) is 34.0 Å². The van der Waals surface area contributed by atoms with E-state index < -0.39 is 0 Å². The second-order valence-corrected chi connectivity index (χ2v) is 6.35. The Morgan fingerprint density at radius 3 is 2.48 bits per heavy atom. The molecule has 0 fully saturated rings. The Morgan fingerprint density at radius 2 is 1.63 bits per heavy atom. The maximum Gasteiger partial charge on any atom is 0.249 e. The zero-order chi connectivity index (χ0) is 17.3. The highest BCUT2D eigenvalue weighted by Crippen LogP contribution is 2.27. The summed E-state index contributed by atoms with van der Waals surface area (Å²) in [5.74, 6) is 0. The van der Waals surface area contributed by atoms with Crippen LogP contribution in [0.25, 0.3) is 27.5 Å². The van der Waals surface area contributed by atoms with E-state index in [0.29, 0.717) is 0 Å². The highest BCUT2D eigenvalue weighted by molar-refractivity contribution is 6.06. The quantitative estimate of drug-likeness (QED) is 0.323. The van der Waals surface area contributed by atoms with Crippen molar-refractivity contribution in [3.63, 3.8) is 0 Å². The topological polar surface area (TPSA) is 34.6 Å². The van der Waals surface area contributed by atoms with Crippen LogP contribution in [0.15, 0.2) is 91.8 Å². The predicted octanol–water partition coefficient (Wildman–Crippen LogP) is 0.914. The second kappa shape index (κ2) is 7.29. The molecule has 27 heavy (non-hydrogen) atoms. The molecule has 0 saturated carbocycles. The van der Waals surface area contributed by atoms with E-state index in [1.54, 1.807) is 0 Å². The van der Waals surface area contributed by atoms with Crippen molar-refractivity contribution in [1.29, 1.82) is 0 Å². The normalized spacial score (nSPS) is 10.8. The lowest BCUT2D eigenvalue weighted by Gasteiger charge is -2.06. The highest BCUT2D eigenvalue weighted by atomic mass is 79.9. The third-order valence-electron chi connectivity index (χ3n) is 4.62. The minimum atomic E-state index is 0. The Balaban J connectivity index is 0.00000180. The van der Waals surface area contributed by atoms with Crippen molar-refractivity contribution in [2.75, 3.05) is 0 Å². The van der Waals surface area contributed by atoms with Crippen molar-refractivity contribution in [2.24, 2.45) is 0 Å². The van der Waals surface area contributed by atoms with Crippen LogP contribution in [0.5, 0.6) is 0 Å². The van der Waals surface area contributed by atoms with Gasteiger partial charge >= 0.3 is 0 Å². The summed E-state index contributed by atoms with van der Waals surface area (Å²) in [6.07, 6.45) is 9.96. The zero-order valence-electron chi connectivity index (χ0n) is 14.5. The molecule has 0 unspecified atom stereocenters. The third-order valence-corrected chi connectivity index (χ3v) is 4.62. The number of nitrogens with zero attached hydrogens (tertiary/aromatic N) is 4. The Bertz CT molecular complexity index is 1210. The Morgan fingerprint density at radius 1 is 0.852 bits per heavy atom. The van der Waals surface area contributed by atoms with Gasteiger partial charge in [-0.25, -0.2) is 9.13 Å². The molecular weight excluding hydrogens is 400 g/mol. The van der Waals surface area contributed by atoms with Gasteiger partial charge in [-0.05, 0) is 29.8 Å². The van der Waals surface area contributed by atoms with Gasteiger partial charge in [0.2, 0.25) is 6.33 Å². The fourth-order valence-electron chi connectivity index (χ4n) is 3.40. The Hall–Kier alpha value is -3.05. The predicted molar refractivity (Wildman–Crippen MR) is 102 cm³/mol. The number of hydrogen-bond donors (Lipinski definition) is 0. The summed E-state index contributed by atoms with van der Waals surface area (Å²) in [7, 11) is 0. The molecule has 0 amide bonds. The first-order chi connectivity index (χ1) is 12.9. The summed E-state index contributed by atoms with van der Waals surface area (Å²) in [5, 5.41) is 2.19. The fraction of sp³-hybridized carbons (Fsp3) is 0.0455. The Kier molecular flexibility index (Phi) is 4.69. The molecule has 0 aliphatic rings. The first kappa shape index (κ1) is 17.4. The molecule has 5 aromatic rings. The lowest BCUT2D eigenvalue weighted by molar-refractivity contribution is -0.687. The first-order valence-corrected chi connectivity index (χ1v) is 8.62. The molecule has 0 bridgehead atoms. The van der Waals surface area contributed by atoms with Crippen LogP contribution in [0.1, 0.15) is 5.56 Å². The van der Waals surface area contributed by atoms with Crippen LogP contribution in [0, 0.1) is 0 Å². The molecule has 5 heteroatoms. The number of fused-ring (bicyclic) bond motifs is 3. The molecule has 5 rings (SSSR count). The van der Waals surface area contributed by atoms with Crippen molar-refractivity contribution in [2.45, 2.75) is 6.54 Å². The van der Waals surface area contributed by atoms with Crippen LogP contribution < -0.4 is 21.5 Å². The number of rotatable bonds is 3. The summed E-state index contributed by atoms with van der Waals surface area (Å²) in [5.41, 5.74) is 4.27. The lowest BCUT2D eigenvalue weighted by atomic mass is 10.1. The van der Waals surface area contributed by atoms with Gasteiger partial charge in [-0.15, -0.1) is 0 Å². The molecule has 4 nitrogen and oxygen atoms in total. The number of imidazole rings is 1. The summed E-state index contributed by atoms with van der Waals surface area (Å²) < 4.78 is 4.34. The summed E-state index contributed by atoms with van der Waals surface area (Å²) in [6, 6.07) is 20.8. The average molecular weight is 417 g/mol. The molecular formula is C22H17BrN4. The van der Waals surface area contributed by atoms with Crippen molar-refractivity contribution in [3.8, 4) is 5.69 Å². The molecule has 0 atom stereocenters. The summed E-state index contributed by atoms with van der Waals surface area (Å²) >= 11 is 0. The molecule has 3 heterocycles. The van der Waals surface area contributed by atoms with Gasteiger partial charge in [-0.2, -0.15) is 0 Å². The van der Waals surface area contributed by atoms with Crippen LogP contribution in [-0.4, -0.2) is 14.5 Å². The van der Waals surface area contributed by atoms with Crippen molar-refractivity contribution < 1.29 is 21.5 Å². The number of benzene rings is 2. The van der Waals surface area contributed by atoms with Gasteiger partial charge < -0.3 is 17.0 Å². The molecule has 2 aromatic carbocycles. The van der Waals surface area contributed by atoms with Gasteiger partial charge in [0.15, 0.2) is 0 Å². The largest absolute Gasteiger partial charge is 1.00 e. The smallest absolute Gasteiger partial charge is 0.249 e. The van der Waals surface area contributed by atoms with E-state index >= 15 is 0 Å². The molecule has 132 valence electrons. The van der Waals surface area contributed by atoms with Crippen LogP contribution in [-0.2, 0) is 6.54 Å². The third kappa shape index (κ3) is 3.22. The van der Waals surface area contributed by atoms with Crippen molar-refractivity contribution in [3.05, 3.63) is 97.3 Å². The number of hydrogen-bond acceptors (Lipinski definition) is 2. The van der Waals surface area contributed by atoms with E-state index in [-0.39, 0.29) is 17.0 Å². The molecule has 0 radical (unpaired) electrons. The number of halogens is 1. The monoisotopic (exact) mass is 416 g/mol. The second-order valence-electron chi connectivity index (χ2n) is 6.35. The van der Waals surface area contributed by atoms with E-state index in [1.807, 2.05) is 30.6 Å². The maximum absolute atomic E-state index is 4.59. The van der Waals surface area contributed by atoms with Crippen molar-refractivity contribution >= 4 is 21.8 Å². The molecule has 0 aliphatic carbocycles. The summed E-state index contributed by atoms with van der Waals surface area (Å²) in [6.45, 7) is 0.846. The van der Waals surface area contributed by atoms with Gasteiger partial charge in [0.1, 0.15) is 30.1 Å². The van der Waals surface area contributed by atoms with Crippen LogP contribution in [0.4, 0.5) is 0 Å². The lowest BCUT2D eigenvalue weighted by Crippen LogP contribution is -3.00. The van der Waals surface area contributed by atoms with Crippen molar-refractivity contribution in [1.82, 2.24) is 14.5 Å². The van der Waals surface area contributed by atoms with E-state index in [2.05, 4.69) is 80.3 Å². The minimum Gasteiger partial charge on any atom is -1.00 e. The van der Waals surface area contributed by atoms with Gasteiger partial charge in [-0.1, -0.05) is 36.4 Å². The van der Waals surface area contributed by atoms with Gasteiger partial charge in [-0.3, -0.25) is 9.97 Å². The molecule has 0 N–H and O–H groups in total. The van der Waals surface area contributed by atoms with Crippen LogP contribution >= 0.6 is 0 Å². The Labute approximate surface area is 167 Å². The highest BCUT2D eigenvalue weighted by Gasteiger charge is 2.14. The van der Waals surface area contributed by atoms with Crippen LogP contribution in [0.3, 0.4) is 0 Å². The molecule has 0 spiro atoms. The summed E-state index contributed by atoms with van der Waals surface area (Å²) in [4.78, 5) is 9.12. The van der Waals surface area contributed by atoms with E-state index in [4.69, 9.17) is 0 Å². The first-order valence-electron chi connectivity index (χ1n) is 8.62. The maximum atomic E-state index is 4.59. The standard InChI is InChI=1S/C22H17N4.BrH/c1-2-6-17(7-3-1)15-25-12-13-26(16-25)20-14-18-8-4-10-23-21(18)22-19(20)9-5-11-24-22;/h1-14,16H,15H2;1H/q+1;/p-1. The van der Waals surface area contributed by atoms with Gasteiger partial charge in [0.25, 0.3) is 0 Å².